The first kappa shape index (κ1) is 22.7. The van der Waals surface area contributed by atoms with Gasteiger partial charge in [0, 0.05) is 32.3 Å². The van der Waals surface area contributed by atoms with Gasteiger partial charge in [0.05, 0.1) is 22.5 Å². The van der Waals surface area contributed by atoms with Gasteiger partial charge >= 0.3 is 0 Å². The van der Waals surface area contributed by atoms with E-state index in [1.54, 1.807) is 44.2 Å². The van der Waals surface area contributed by atoms with E-state index in [2.05, 4.69) is 10.2 Å². The predicted molar refractivity (Wildman–Crippen MR) is 116 cm³/mol. The van der Waals surface area contributed by atoms with Crippen LogP contribution in [-0.2, 0) is 14.8 Å². The van der Waals surface area contributed by atoms with Crippen molar-refractivity contribution in [1.82, 2.24) is 4.31 Å². The normalized spacial score (nSPS) is 11.9. The van der Waals surface area contributed by atoms with Crippen LogP contribution in [0.15, 0.2) is 52.0 Å². The molecule has 1 heterocycles. The van der Waals surface area contributed by atoms with Crippen LogP contribution in [0.25, 0.3) is 6.08 Å². The van der Waals surface area contributed by atoms with Gasteiger partial charge in [-0.2, -0.15) is 4.31 Å². The lowest BCUT2D eigenvalue weighted by Gasteiger charge is -2.25. The molecule has 0 radical (unpaired) electrons. The van der Waals surface area contributed by atoms with E-state index < -0.39 is 10.0 Å². The van der Waals surface area contributed by atoms with Crippen molar-refractivity contribution < 1.29 is 17.6 Å². The van der Waals surface area contributed by atoms with Crippen LogP contribution in [0.1, 0.15) is 33.5 Å². The third kappa shape index (κ3) is 5.48. The quantitative estimate of drug-likeness (QED) is 0.592. The van der Waals surface area contributed by atoms with Gasteiger partial charge in [-0.15, -0.1) is 0 Å². The predicted octanol–water partition coefficient (Wildman–Crippen LogP) is 3.81. The molecule has 0 unspecified atom stereocenters. The molecule has 0 atom stereocenters. The second kappa shape index (κ2) is 10.3. The van der Waals surface area contributed by atoms with Crippen LogP contribution in [0.3, 0.4) is 0 Å². The Labute approximate surface area is 173 Å². The minimum Gasteiger partial charge on any atom is -0.465 e. The number of furan rings is 1. The molecule has 0 spiro atoms. The van der Waals surface area contributed by atoms with E-state index in [1.807, 2.05) is 13.8 Å². The fraction of sp³-hybridized carbons (Fsp3) is 0.381. The summed E-state index contributed by atoms with van der Waals surface area (Å²) in [6, 6.07) is 8.34. The van der Waals surface area contributed by atoms with Crippen LogP contribution >= 0.6 is 0 Å². The smallest absolute Gasteiger partial charge is 0.248 e. The molecule has 0 saturated carbocycles. The molecule has 1 amide bonds. The number of nitrogens with zero attached hydrogens (tertiary/aromatic N) is 2. The van der Waals surface area contributed by atoms with Crippen molar-refractivity contribution in [2.45, 2.75) is 32.6 Å². The maximum absolute atomic E-state index is 12.9. The molecule has 1 N–H and O–H groups in total. The summed E-state index contributed by atoms with van der Waals surface area (Å²) in [7, 11) is -3.63. The molecule has 29 heavy (non-hydrogen) atoms. The van der Waals surface area contributed by atoms with Gasteiger partial charge in [-0.05, 0) is 50.3 Å². The van der Waals surface area contributed by atoms with Crippen LogP contribution in [0.2, 0.25) is 0 Å². The molecule has 0 saturated heterocycles. The van der Waals surface area contributed by atoms with Gasteiger partial charge in [0.15, 0.2) is 0 Å². The van der Waals surface area contributed by atoms with E-state index in [0.29, 0.717) is 24.5 Å². The van der Waals surface area contributed by atoms with Gasteiger partial charge in [0.2, 0.25) is 15.9 Å². The third-order valence-electron chi connectivity index (χ3n) is 4.62. The number of hydrogen-bond donors (Lipinski definition) is 1. The summed E-state index contributed by atoms with van der Waals surface area (Å²) in [5.74, 6) is 0.189. The van der Waals surface area contributed by atoms with E-state index in [9.17, 15) is 13.2 Å². The van der Waals surface area contributed by atoms with Crippen molar-refractivity contribution in [2.24, 2.45) is 0 Å². The van der Waals surface area contributed by atoms with Crippen LogP contribution in [0, 0.1) is 0 Å². The second-order valence-electron chi connectivity index (χ2n) is 6.28. The lowest BCUT2D eigenvalue weighted by molar-refractivity contribution is -0.111. The fourth-order valence-electron chi connectivity index (χ4n) is 3.05. The maximum Gasteiger partial charge on any atom is 0.248 e. The highest BCUT2D eigenvalue weighted by Crippen LogP contribution is 2.30. The molecule has 8 heteroatoms. The molecular weight excluding hydrogens is 390 g/mol. The van der Waals surface area contributed by atoms with Crippen molar-refractivity contribution >= 4 is 33.4 Å². The molecule has 1 aromatic heterocycles. The molecule has 0 aliphatic heterocycles. The molecule has 7 nitrogen and oxygen atoms in total. The van der Waals surface area contributed by atoms with E-state index in [4.69, 9.17) is 4.42 Å². The number of rotatable bonds is 10. The van der Waals surface area contributed by atoms with E-state index >= 15 is 0 Å². The molecule has 2 aromatic rings. The molecule has 158 valence electrons. The zero-order valence-electron chi connectivity index (χ0n) is 17.4. The zero-order valence-corrected chi connectivity index (χ0v) is 18.2. The highest BCUT2D eigenvalue weighted by molar-refractivity contribution is 7.89. The molecule has 0 bridgehead atoms. The van der Waals surface area contributed by atoms with E-state index in [-0.39, 0.29) is 10.8 Å². The minimum atomic E-state index is -3.63. The molecule has 1 aromatic carbocycles. The highest BCUT2D eigenvalue weighted by Gasteiger charge is 2.23. The van der Waals surface area contributed by atoms with Crippen molar-refractivity contribution in [1.29, 1.82) is 0 Å². The Morgan fingerprint density at radius 2 is 1.76 bits per heavy atom. The maximum atomic E-state index is 12.9. The number of nitrogens with one attached hydrogen (secondary N) is 1. The SMILES string of the molecule is CCN(CC)c1ccc(S(=O)(=O)N(CC)CC)cc1NC(=O)/C=C/c1ccco1. The Morgan fingerprint density at radius 1 is 1.07 bits per heavy atom. The topological polar surface area (TPSA) is 82.9 Å². The first-order chi connectivity index (χ1) is 13.9. The minimum absolute atomic E-state index is 0.155. The lowest BCUT2D eigenvalue weighted by Crippen LogP contribution is -2.31. The van der Waals surface area contributed by atoms with Crippen molar-refractivity contribution in [2.75, 3.05) is 36.4 Å². The molecule has 2 rings (SSSR count). The second-order valence-corrected chi connectivity index (χ2v) is 8.22. The van der Waals surface area contributed by atoms with Gasteiger partial charge < -0.3 is 14.6 Å². The summed E-state index contributed by atoms with van der Waals surface area (Å²) >= 11 is 0. The Kier molecular flexibility index (Phi) is 8.04. The van der Waals surface area contributed by atoms with Gasteiger partial charge in [-0.3, -0.25) is 4.79 Å². The zero-order chi connectivity index (χ0) is 21.4. The molecular formula is C21H29N3O4S. The Morgan fingerprint density at radius 3 is 2.31 bits per heavy atom. The van der Waals surface area contributed by atoms with E-state index in [1.165, 1.54) is 22.7 Å². The molecule has 0 aliphatic rings. The van der Waals surface area contributed by atoms with Crippen LogP contribution < -0.4 is 10.2 Å². The number of hydrogen-bond acceptors (Lipinski definition) is 5. The first-order valence-electron chi connectivity index (χ1n) is 9.78. The fourth-order valence-corrected chi connectivity index (χ4v) is 4.53. The summed E-state index contributed by atoms with van der Waals surface area (Å²) in [4.78, 5) is 14.7. The Bertz CT molecular complexity index is 929. The van der Waals surface area contributed by atoms with Crippen molar-refractivity contribution in [3.63, 3.8) is 0 Å². The number of benzene rings is 1. The summed E-state index contributed by atoms with van der Waals surface area (Å²) < 4.78 is 32.4. The third-order valence-corrected chi connectivity index (χ3v) is 6.66. The first-order valence-corrected chi connectivity index (χ1v) is 11.2. The largest absolute Gasteiger partial charge is 0.465 e. The van der Waals surface area contributed by atoms with Crippen LogP contribution in [0.4, 0.5) is 11.4 Å². The Balaban J connectivity index is 2.41. The average molecular weight is 420 g/mol. The van der Waals surface area contributed by atoms with Crippen molar-refractivity contribution in [3.05, 3.63) is 48.4 Å². The number of sulfonamides is 1. The monoisotopic (exact) mass is 419 g/mol. The molecule has 0 aliphatic carbocycles. The number of carbonyl (C=O) groups excluding carboxylic acids is 1. The Hall–Kier alpha value is -2.58. The van der Waals surface area contributed by atoms with Crippen molar-refractivity contribution in [3.8, 4) is 0 Å². The van der Waals surface area contributed by atoms with Gasteiger partial charge in [0.1, 0.15) is 5.76 Å². The number of amides is 1. The molecule has 0 fully saturated rings. The summed E-state index contributed by atoms with van der Waals surface area (Å²) in [6.45, 7) is 9.82. The highest BCUT2D eigenvalue weighted by atomic mass is 32.2. The van der Waals surface area contributed by atoms with Gasteiger partial charge in [-0.1, -0.05) is 13.8 Å². The summed E-state index contributed by atoms with van der Waals surface area (Å²) in [5, 5.41) is 2.82. The summed E-state index contributed by atoms with van der Waals surface area (Å²) in [5.41, 5.74) is 1.23. The summed E-state index contributed by atoms with van der Waals surface area (Å²) in [6.07, 6.45) is 4.44. The number of anilines is 2. The van der Waals surface area contributed by atoms with Crippen LogP contribution in [0.5, 0.6) is 0 Å². The standard InChI is InChI=1S/C21H29N3O4S/c1-5-23(6-2)20-13-12-18(29(26,27)24(7-3)8-4)16-19(20)22-21(25)14-11-17-10-9-15-28-17/h9-16H,5-8H2,1-4H3,(H,22,25)/b14-11+. The van der Waals surface area contributed by atoms with E-state index in [0.717, 1.165) is 18.8 Å². The number of carbonyl (C=O) groups is 1. The average Bonchev–Trinajstić information content (AvgIpc) is 3.22. The lowest BCUT2D eigenvalue weighted by atomic mass is 10.2. The van der Waals surface area contributed by atoms with Gasteiger partial charge in [-0.25, -0.2) is 8.42 Å². The van der Waals surface area contributed by atoms with Crippen LogP contribution in [-0.4, -0.2) is 44.8 Å². The van der Waals surface area contributed by atoms with Gasteiger partial charge in [0.25, 0.3) is 0 Å².